The molecule has 4 aromatic rings. The van der Waals surface area contributed by atoms with Gasteiger partial charge in [0.1, 0.15) is 11.6 Å². The van der Waals surface area contributed by atoms with Crippen molar-refractivity contribution in [2.24, 2.45) is 0 Å². The summed E-state index contributed by atoms with van der Waals surface area (Å²) in [4.78, 5) is 20.6. The minimum Gasteiger partial charge on any atom is -0.319 e. The first-order chi connectivity index (χ1) is 14.5. The van der Waals surface area contributed by atoms with Crippen molar-refractivity contribution in [1.29, 1.82) is 0 Å². The van der Waals surface area contributed by atoms with E-state index in [0.29, 0.717) is 25.3 Å². The van der Waals surface area contributed by atoms with Crippen LogP contribution < -0.4 is 5.32 Å². The number of thiazole rings is 1. The van der Waals surface area contributed by atoms with Crippen molar-refractivity contribution in [3.8, 4) is 11.4 Å². The maximum absolute atomic E-state index is 13.8. The van der Waals surface area contributed by atoms with Crippen molar-refractivity contribution >= 4 is 28.0 Å². The average Bonchev–Trinajstić information content (AvgIpc) is 3.28. The second kappa shape index (κ2) is 7.17. The van der Waals surface area contributed by atoms with Gasteiger partial charge in [0.25, 0.3) is 0 Å². The molecule has 0 fully saturated rings. The summed E-state index contributed by atoms with van der Waals surface area (Å²) in [7, 11) is 0. The Morgan fingerprint density at radius 1 is 1.17 bits per heavy atom. The molecule has 2 aromatic heterocycles. The number of halogens is 2. The van der Waals surface area contributed by atoms with Crippen LogP contribution in [-0.4, -0.2) is 32.1 Å². The third-order valence-electron chi connectivity index (χ3n) is 5.09. The van der Waals surface area contributed by atoms with E-state index >= 15 is 0 Å². The molecule has 0 aliphatic carbocycles. The molecule has 2 aromatic carbocycles. The number of aryl methyl sites for hydroxylation is 1. The normalized spacial score (nSPS) is 13.5. The fourth-order valence-electron chi connectivity index (χ4n) is 3.47. The molecule has 1 N–H and O–H groups in total. The molecule has 0 unspecified atom stereocenters. The van der Waals surface area contributed by atoms with Crippen molar-refractivity contribution in [2.75, 3.05) is 11.9 Å². The molecule has 0 bridgehead atoms. The summed E-state index contributed by atoms with van der Waals surface area (Å²) in [6.07, 6.45) is 0.616. The first-order valence-corrected chi connectivity index (χ1v) is 10.2. The van der Waals surface area contributed by atoms with Crippen LogP contribution in [0.25, 0.3) is 16.3 Å². The number of nitrogens with zero attached hydrogens (tertiary/aromatic N) is 4. The van der Waals surface area contributed by atoms with Crippen LogP contribution in [0.3, 0.4) is 0 Å². The zero-order chi connectivity index (χ0) is 20.8. The van der Waals surface area contributed by atoms with Gasteiger partial charge in [-0.3, -0.25) is 0 Å². The van der Waals surface area contributed by atoms with E-state index in [2.05, 4.69) is 15.4 Å². The number of carbonyl (C=O) groups is 1. The molecule has 0 radical (unpaired) electrons. The number of aromatic nitrogens is 3. The maximum atomic E-state index is 13.8. The molecule has 2 amide bonds. The number of amides is 2. The summed E-state index contributed by atoms with van der Waals surface area (Å²) in [5.74, 6) is -0.813. The largest absolute Gasteiger partial charge is 0.322 e. The van der Waals surface area contributed by atoms with Crippen LogP contribution >= 0.6 is 11.3 Å². The molecule has 3 heterocycles. The van der Waals surface area contributed by atoms with Gasteiger partial charge in [-0.05, 0) is 19.1 Å². The van der Waals surface area contributed by atoms with Gasteiger partial charge in [0.05, 0.1) is 17.9 Å². The van der Waals surface area contributed by atoms with Crippen LogP contribution in [0.5, 0.6) is 0 Å². The number of hydrogen-bond acceptors (Lipinski definition) is 4. The van der Waals surface area contributed by atoms with Crippen molar-refractivity contribution < 1.29 is 13.6 Å². The number of nitrogens with one attached hydrogen (secondary N) is 1. The molecule has 0 saturated carbocycles. The summed E-state index contributed by atoms with van der Waals surface area (Å²) in [5, 5.41) is 7.17. The van der Waals surface area contributed by atoms with E-state index in [1.54, 1.807) is 4.90 Å². The summed E-state index contributed by atoms with van der Waals surface area (Å²) >= 11 is 1.49. The standard InChI is InChI=1S/C21H17F2N5OS/c1-12-2-4-13(5-3-12)19-25-21-28(26-19)17-8-9-27(11-18(17)30-21)20(29)24-16-7-6-14(22)10-15(16)23/h2-7,10H,8-9,11H2,1H3,(H,24,29). The molecule has 30 heavy (non-hydrogen) atoms. The van der Waals surface area contributed by atoms with Gasteiger partial charge in [-0.25, -0.2) is 18.1 Å². The Kier molecular flexibility index (Phi) is 4.47. The molecule has 1 aliphatic heterocycles. The SMILES string of the molecule is Cc1ccc(-c2nc3sc4c(n3n2)CCN(C(=O)Nc2ccc(F)cc2F)C4)cc1. The van der Waals surface area contributed by atoms with Crippen molar-refractivity contribution in [1.82, 2.24) is 19.5 Å². The Labute approximate surface area is 174 Å². The second-order valence-electron chi connectivity index (χ2n) is 7.19. The molecule has 1 aliphatic rings. The van der Waals surface area contributed by atoms with Gasteiger partial charge >= 0.3 is 6.03 Å². The lowest BCUT2D eigenvalue weighted by molar-refractivity contribution is 0.206. The zero-order valence-corrected chi connectivity index (χ0v) is 16.8. The zero-order valence-electron chi connectivity index (χ0n) is 16.0. The molecule has 6 nitrogen and oxygen atoms in total. The Hall–Kier alpha value is -3.33. The van der Waals surface area contributed by atoms with Gasteiger partial charge in [0.2, 0.25) is 4.96 Å². The Bertz CT molecular complexity index is 1260. The van der Waals surface area contributed by atoms with Gasteiger partial charge in [0.15, 0.2) is 5.82 Å². The Morgan fingerprint density at radius 3 is 2.73 bits per heavy atom. The fraction of sp³-hybridized carbons (Fsp3) is 0.190. The molecule has 5 rings (SSSR count). The van der Waals surface area contributed by atoms with Crippen LogP contribution in [0, 0.1) is 18.6 Å². The Morgan fingerprint density at radius 2 is 1.97 bits per heavy atom. The molecule has 0 spiro atoms. The predicted molar refractivity (Wildman–Crippen MR) is 111 cm³/mol. The third kappa shape index (κ3) is 3.30. The quantitative estimate of drug-likeness (QED) is 0.509. The highest BCUT2D eigenvalue weighted by atomic mass is 32.1. The number of hydrogen-bond donors (Lipinski definition) is 1. The van der Waals surface area contributed by atoms with E-state index in [1.807, 2.05) is 35.7 Å². The van der Waals surface area contributed by atoms with Gasteiger partial charge in [-0.15, -0.1) is 5.10 Å². The first kappa shape index (κ1) is 18.7. The van der Waals surface area contributed by atoms with Crippen LogP contribution in [0.15, 0.2) is 42.5 Å². The number of anilines is 1. The molecule has 0 saturated heterocycles. The molecule has 9 heteroatoms. The second-order valence-corrected chi connectivity index (χ2v) is 8.26. The minimum absolute atomic E-state index is 0.0439. The monoisotopic (exact) mass is 425 g/mol. The highest BCUT2D eigenvalue weighted by Crippen LogP contribution is 2.30. The minimum atomic E-state index is -0.802. The van der Waals surface area contributed by atoms with E-state index in [1.165, 1.54) is 23.0 Å². The summed E-state index contributed by atoms with van der Waals surface area (Å²) in [5.41, 5.74) is 3.13. The van der Waals surface area contributed by atoms with Gasteiger partial charge in [0, 0.05) is 29.5 Å². The molecule has 152 valence electrons. The topological polar surface area (TPSA) is 62.5 Å². The Balaban J connectivity index is 1.36. The number of rotatable bonds is 2. The van der Waals surface area contributed by atoms with E-state index in [9.17, 15) is 13.6 Å². The van der Waals surface area contributed by atoms with Crippen molar-refractivity contribution in [3.63, 3.8) is 0 Å². The van der Waals surface area contributed by atoms with E-state index in [-0.39, 0.29) is 5.69 Å². The highest BCUT2D eigenvalue weighted by molar-refractivity contribution is 7.17. The maximum Gasteiger partial charge on any atom is 0.322 e. The number of benzene rings is 2. The predicted octanol–water partition coefficient (Wildman–Crippen LogP) is 4.63. The first-order valence-electron chi connectivity index (χ1n) is 9.43. The van der Waals surface area contributed by atoms with Crippen molar-refractivity contribution in [3.05, 3.63) is 70.2 Å². The van der Waals surface area contributed by atoms with Crippen molar-refractivity contribution in [2.45, 2.75) is 19.9 Å². The molecular weight excluding hydrogens is 408 g/mol. The number of carbonyl (C=O) groups excluding carboxylic acids is 1. The fourth-order valence-corrected chi connectivity index (χ4v) is 4.59. The summed E-state index contributed by atoms with van der Waals surface area (Å²) < 4.78 is 28.7. The van der Waals surface area contributed by atoms with E-state index < -0.39 is 17.7 Å². The molecular formula is C21H17F2N5OS. The molecule has 0 atom stereocenters. The van der Waals surface area contributed by atoms with E-state index in [4.69, 9.17) is 0 Å². The van der Waals surface area contributed by atoms with Gasteiger partial charge in [-0.1, -0.05) is 41.2 Å². The lowest BCUT2D eigenvalue weighted by Crippen LogP contribution is -2.38. The number of urea groups is 1. The van der Waals surface area contributed by atoms with Crippen LogP contribution in [0.4, 0.5) is 19.3 Å². The van der Waals surface area contributed by atoms with Gasteiger partial charge in [-0.2, -0.15) is 4.98 Å². The van der Waals surface area contributed by atoms with Crippen LogP contribution in [0.2, 0.25) is 0 Å². The van der Waals surface area contributed by atoms with Gasteiger partial charge < -0.3 is 10.2 Å². The smallest absolute Gasteiger partial charge is 0.319 e. The summed E-state index contributed by atoms with van der Waals surface area (Å²) in [6.45, 7) is 2.89. The summed E-state index contributed by atoms with van der Waals surface area (Å²) in [6, 6.07) is 10.7. The average molecular weight is 425 g/mol. The highest BCUT2D eigenvalue weighted by Gasteiger charge is 2.26. The van der Waals surface area contributed by atoms with Crippen LogP contribution in [0.1, 0.15) is 16.1 Å². The third-order valence-corrected chi connectivity index (χ3v) is 6.15. The lowest BCUT2D eigenvalue weighted by Gasteiger charge is -2.26. The number of fused-ring (bicyclic) bond motifs is 3. The van der Waals surface area contributed by atoms with E-state index in [0.717, 1.165) is 33.2 Å². The van der Waals surface area contributed by atoms with Crippen LogP contribution in [-0.2, 0) is 13.0 Å². The lowest BCUT2D eigenvalue weighted by atomic mass is 10.1.